The molecule has 8 heteroatoms. The molecule has 1 saturated carbocycles. The molecule has 1 amide bonds. The number of thioether (sulfide) groups is 1. The largest absolute Gasteiger partial charge is 0.336 e. The summed E-state index contributed by atoms with van der Waals surface area (Å²) in [6.07, 6.45) is 3.32. The van der Waals surface area contributed by atoms with Crippen LogP contribution in [0, 0.1) is 5.82 Å². The fraction of sp³-hybridized carbons (Fsp3) is 0.357. The zero-order chi connectivity index (χ0) is 15.5. The van der Waals surface area contributed by atoms with E-state index >= 15 is 0 Å². The summed E-state index contributed by atoms with van der Waals surface area (Å²) in [7, 11) is 0. The number of hydrogen-bond acceptors (Lipinski definition) is 5. The SMILES string of the molecule is Nn1cnnc1SCC(=O)N(Cc1ccccc1F)C1CC1. The van der Waals surface area contributed by atoms with Gasteiger partial charge in [-0.2, -0.15) is 0 Å². The van der Waals surface area contributed by atoms with E-state index in [1.807, 2.05) is 0 Å². The third-order valence-corrected chi connectivity index (χ3v) is 4.41. The Kier molecular flexibility index (Phi) is 4.28. The molecule has 0 saturated heterocycles. The molecule has 1 aliphatic rings. The molecule has 0 unspecified atom stereocenters. The number of carbonyl (C=O) groups is 1. The molecule has 1 aromatic carbocycles. The van der Waals surface area contributed by atoms with E-state index in [1.54, 1.807) is 23.1 Å². The molecule has 1 fully saturated rings. The highest BCUT2D eigenvalue weighted by Gasteiger charge is 2.33. The fourth-order valence-corrected chi connectivity index (χ4v) is 2.88. The lowest BCUT2D eigenvalue weighted by atomic mass is 10.2. The highest BCUT2D eigenvalue weighted by molar-refractivity contribution is 7.99. The minimum Gasteiger partial charge on any atom is -0.336 e. The lowest BCUT2D eigenvalue weighted by Crippen LogP contribution is -2.34. The normalized spacial score (nSPS) is 14.0. The predicted octanol–water partition coefficient (Wildman–Crippen LogP) is 1.41. The standard InChI is InChI=1S/C14H16FN5OS/c15-12-4-2-1-3-10(12)7-19(11-5-6-11)13(21)8-22-14-18-17-9-20(14)16/h1-4,9,11H,5-8,16H2. The van der Waals surface area contributed by atoms with Crippen molar-refractivity contribution in [2.45, 2.75) is 30.6 Å². The molecule has 2 aromatic rings. The van der Waals surface area contributed by atoms with Crippen LogP contribution in [0.25, 0.3) is 0 Å². The first-order valence-electron chi connectivity index (χ1n) is 6.96. The van der Waals surface area contributed by atoms with E-state index < -0.39 is 0 Å². The molecule has 6 nitrogen and oxygen atoms in total. The van der Waals surface area contributed by atoms with Crippen LogP contribution in [0.15, 0.2) is 35.7 Å². The summed E-state index contributed by atoms with van der Waals surface area (Å²) in [5.41, 5.74) is 0.537. The Morgan fingerprint density at radius 1 is 1.45 bits per heavy atom. The van der Waals surface area contributed by atoms with Crippen LogP contribution in [-0.2, 0) is 11.3 Å². The third kappa shape index (κ3) is 3.38. The first kappa shape index (κ1) is 14.8. The Morgan fingerprint density at radius 2 is 2.23 bits per heavy atom. The van der Waals surface area contributed by atoms with Gasteiger partial charge < -0.3 is 10.7 Å². The van der Waals surface area contributed by atoms with Gasteiger partial charge in [-0.15, -0.1) is 10.2 Å². The molecule has 1 heterocycles. The minimum atomic E-state index is -0.282. The van der Waals surface area contributed by atoms with Crippen molar-refractivity contribution in [3.63, 3.8) is 0 Å². The van der Waals surface area contributed by atoms with Crippen LogP contribution >= 0.6 is 11.8 Å². The highest BCUT2D eigenvalue weighted by atomic mass is 32.2. The van der Waals surface area contributed by atoms with Gasteiger partial charge in [0.2, 0.25) is 11.1 Å². The molecule has 1 aliphatic carbocycles. The summed E-state index contributed by atoms with van der Waals surface area (Å²) in [6, 6.07) is 6.76. The Morgan fingerprint density at radius 3 is 2.86 bits per heavy atom. The number of carbonyl (C=O) groups excluding carboxylic acids is 1. The lowest BCUT2D eigenvalue weighted by molar-refractivity contribution is -0.129. The van der Waals surface area contributed by atoms with E-state index in [4.69, 9.17) is 5.84 Å². The quantitative estimate of drug-likeness (QED) is 0.643. The van der Waals surface area contributed by atoms with Gasteiger partial charge in [-0.3, -0.25) is 4.79 Å². The van der Waals surface area contributed by atoms with Crippen LogP contribution in [-0.4, -0.2) is 37.5 Å². The molecule has 0 spiro atoms. The molecule has 2 N–H and O–H groups in total. The Bertz CT molecular complexity index is 673. The predicted molar refractivity (Wildman–Crippen MR) is 80.9 cm³/mol. The number of nitrogens with zero attached hydrogens (tertiary/aromatic N) is 4. The average Bonchev–Trinajstić information content (AvgIpc) is 3.26. The van der Waals surface area contributed by atoms with Crippen molar-refractivity contribution in [3.8, 4) is 0 Å². The van der Waals surface area contributed by atoms with Crippen LogP contribution in [0.4, 0.5) is 4.39 Å². The van der Waals surface area contributed by atoms with E-state index in [0.29, 0.717) is 17.3 Å². The third-order valence-electron chi connectivity index (χ3n) is 3.47. The summed E-state index contributed by atoms with van der Waals surface area (Å²) in [4.78, 5) is 14.2. The van der Waals surface area contributed by atoms with Crippen LogP contribution < -0.4 is 5.84 Å². The number of rotatable bonds is 6. The van der Waals surface area contributed by atoms with Crippen LogP contribution in [0.1, 0.15) is 18.4 Å². The van der Waals surface area contributed by atoms with Gasteiger partial charge in [-0.05, 0) is 18.9 Å². The summed E-state index contributed by atoms with van der Waals surface area (Å²) in [5.74, 6) is 5.50. The number of nitrogens with two attached hydrogens (primary N) is 1. The van der Waals surface area contributed by atoms with E-state index in [9.17, 15) is 9.18 Å². The minimum absolute atomic E-state index is 0.0428. The van der Waals surface area contributed by atoms with E-state index in [-0.39, 0.29) is 23.5 Å². The maximum atomic E-state index is 13.8. The molecule has 0 bridgehead atoms. The van der Waals surface area contributed by atoms with Gasteiger partial charge in [0, 0.05) is 18.2 Å². The first-order valence-corrected chi connectivity index (χ1v) is 7.94. The second-order valence-corrected chi connectivity index (χ2v) is 6.10. The second-order valence-electron chi connectivity index (χ2n) is 5.15. The van der Waals surface area contributed by atoms with Gasteiger partial charge in [0.1, 0.15) is 12.1 Å². The molecule has 0 radical (unpaired) electrons. The van der Waals surface area contributed by atoms with Crippen molar-refractivity contribution in [1.29, 1.82) is 0 Å². The van der Waals surface area contributed by atoms with Crippen molar-refractivity contribution in [3.05, 3.63) is 42.0 Å². The maximum absolute atomic E-state index is 13.8. The summed E-state index contributed by atoms with van der Waals surface area (Å²) >= 11 is 1.23. The van der Waals surface area contributed by atoms with Gasteiger partial charge in [-0.1, -0.05) is 30.0 Å². The number of aromatic nitrogens is 3. The number of amides is 1. The molecular weight excluding hydrogens is 305 g/mol. The van der Waals surface area contributed by atoms with Gasteiger partial charge in [0.15, 0.2) is 0 Å². The smallest absolute Gasteiger partial charge is 0.233 e. The summed E-state index contributed by atoms with van der Waals surface area (Å²) in [5, 5.41) is 7.97. The van der Waals surface area contributed by atoms with Gasteiger partial charge in [0.05, 0.1) is 5.75 Å². The first-order chi connectivity index (χ1) is 10.6. The summed E-state index contributed by atoms with van der Waals surface area (Å²) < 4.78 is 15.1. The number of halogens is 1. The number of nitrogen functional groups attached to an aromatic ring is 1. The maximum Gasteiger partial charge on any atom is 0.233 e. The van der Waals surface area contributed by atoms with Crippen LogP contribution in [0.2, 0.25) is 0 Å². The molecule has 1 aromatic heterocycles. The van der Waals surface area contributed by atoms with Gasteiger partial charge in [0.25, 0.3) is 0 Å². The molecule has 3 rings (SSSR count). The Balaban J connectivity index is 1.65. The molecular formula is C14H16FN5OS. The van der Waals surface area contributed by atoms with Gasteiger partial charge >= 0.3 is 0 Å². The van der Waals surface area contributed by atoms with Crippen molar-refractivity contribution in [1.82, 2.24) is 19.8 Å². The zero-order valence-corrected chi connectivity index (χ0v) is 12.7. The van der Waals surface area contributed by atoms with Crippen LogP contribution in [0.5, 0.6) is 0 Å². The topological polar surface area (TPSA) is 77.0 Å². The van der Waals surface area contributed by atoms with Crippen molar-refractivity contribution < 1.29 is 9.18 Å². The monoisotopic (exact) mass is 321 g/mol. The summed E-state index contributed by atoms with van der Waals surface area (Å²) in [6.45, 7) is 0.298. The van der Waals surface area contributed by atoms with Crippen molar-refractivity contribution >= 4 is 17.7 Å². The molecule has 116 valence electrons. The second kappa shape index (κ2) is 6.35. The molecule has 0 atom stereocenters. The molecule has 22 heavy (non-hydrogen) atoms. The van der Waals surface area contributed by atoms with Gasteiger partial charge in [-0.25, -0.2) is 9.07 Å². The number of hydrogen-bond donors (Lipinski definition) is 1. The van der Waals surface area contributed by atoms with Crippen molar-refractivity contribution in [2.24, 2.45) is 0 Å². The fourth-order valence-electron chi connectivity index (χ4n) is 2.16. The highest BCUT2D eigenvalue weighted by Crippen LogP contribution is 2.30. The zero-order valence-electron chi connectivity index (χ0n) is 11.9. The molecule has 0 aliphatic heterocycles. The average molecular weight is 321 g/mol. The Hall–Kier alpha value is -2.09. The Labute approximate surface area is 131 Å². The van der Waals surface area contributed by atoms with E-state index in [0.717, 1.165) is 12.8 Å². The lowest BCUT2D eigenvalue weighted by Gasteiger charge is -2.22. The van der Waals surface area contributed by atoms with Crippen LogP contribution in [0.3, 0.4) is 0 Å². The van der Waals surface area contributed by atoms with E-state index in [1.165, 1.54) is 28.8 Å². The number of benzene rings is 1. The van der Waals surface area contributed by atoms with Crippen molar-refractivity contribution in [2.75, 3.05) is 11.6 Å². The van der Waals surface area contributed by atoms with E-state index in [2.05, 4.69) is 10.2 Å².